The SMILES string of the molecule is CCOC(=O)C1CCN(/C=C(/C#N)C(=O)Nc2cccc(Cl)c2)CC1. The molecule has 0 aromatic heterocycles. The fourth-order valence-electron chi connectivity index (χ4n) is 2.61. The van der Waals surface area contributed by atoms with Gasteiger partial charge in [0.25, 0.3) is 5.91 Å². The van der Waals surface area contributed by atoms with Crippen LogP contribution in [-0.2, 0) is 14.3 Å². The Morgan fingerprint density at radius 1 is 1.44 bits per heavy atom. The molecule has 1 N–H and O–H groups in total. The van der Waals surface area contributed by atoms with Crippen LogP contribution in [0.1, 0.15) is 19.8 Å². The molecule has 1 fully saturated rings. The third-order valence-electron chi connectivity index (χ3n) is 3.91. The van der Waals surface area contributed by atoms with E-state index in [0.717, 1.165) is 0 Å². The zero-order chi connectivity index (χ0) is 18.2. The first-order valence-electron chi connectivity index (χ1n) is 8.13. The Balaban J connectivity index is 1.95. The summed E-state index contributed by atoms with van der Waals surface area (Å²) in [6.07, 6.45) is 2.83. The normalized spacial score (nSPS) is 15.4. The van der Waals surface area contributed by atoms with Crippen LogP contribution in [0.2, 0.25) is 5.02 Å². The van der Waals surface area contributed by atoms with Crippen molar-refractivity contribution in [1.29, 1.82) is 5.26 Å². The lowest BCUT2D eigenvalue weighted by molar-refractivity contribution is -0.149. The third kappa shape index (κ3) is 5.50. The minimum atomic E-state index is -0.489. The van der Waals surface area contributed by atoms with Crippen molar-refractivity contribution < 1.29 is 14.3 Å². The van der Waals surface area contributed by atoms with Crippen molar-refractivity contribution in [3.8, 4) is 6.07 Å². The molecule has 25 heavy (non-hydrogen) atoms. The molecule has 0 bridgehead atoms. The van der Waals surface area contributed by atoms with Gasteiger partial charge in [-0.1, -0.05) is 17.7 Å². The summed E-state index contributed by atoms with van der Waals surface area (Å²) in [6.45, 7) is 3.35. The second kappa shape index (κ2) is 9.09. The number of hydrogen-bond donors (Lipinski definition) is 1. The lowest BCUT2D eigenvalue weighted by atomic mass is 9.97. The van der Waals surface area contributed by atoms with Crippen molar-refractivity contribution in [3.63, 3.8) is 0 Å². The summed E-state index contributed by atoms with van der Waals surface area (Å²) in [6, 6.07) is 8.65. The van der Waals surface area contributed by atoms with E-state index in [1.54, 1.807) is 37.4 Å². The Hall–Kier alpha value is -2.52. The highest BCUT2D eigenvalue weighted by Gasteiger charge is 2.25. The fourth-order valence-corrected chi connectivity index (χ4v) is 2.80. The average Bonchev–Trinajstić information content (AvgIpc) is 2.60. The molecule has 0 atom stereocenters. The number of rotatable bonds is 5. The van der Waals surface area contributed by atoms with Crippen LogP contribution in [0.25, 0.3) is 0 Å². The van der Waals surface area contributed by atoms with Crippen molar-refractivity contribution in [1.82, 2.24) is 4.90 Å². The molecule has 7 heteroatoms. The number of nitrogens with zero attached hydrogens (tertiary/aromatic N) is 2. The van der Waals surface area contributed by atoms with E-state index in [4.69, 9.17) is 16.3 Å². The van der Waals surface area contributed by atoms with Gasteiger partial charge in [0, 0.05) is 30.0 Å². The van der Waals surface area contributed by atoms with Crippen LogP contribution in [0.5, 0.6) is 0 Å². The highest BCUT2D eigenvalue weighted by Crippen LogP contribution is 2.20. The van der Waals surface area contributed by atoms with Gasteiger partial charge in [0.15, 0.2) is 0 Å². The Morgan fingerprint density at radius 2 is 2.16 bits per heavy atom. The number of hydrogen-bond acceptors (Lipinski definition) is 5. The Kier molecular flexibility index (Phi) is 6.84. The van der Waals surface area contributed by atoms with E-state index >= 15 is 0 Å². The molecule has 0 radical (unpaired) electrons. The summed E-state index contributed by atoms with van der Waals surface area (Å²) < 4.78 is 5.03. The molecule has 1 amide bonds. The van der Waals surface area contributed by atoms with E-state index in [9.17, 15) is 14.9 Å². The maximum Gasteiger partial charge on any atom is 0.309 e. The second-order valence-corrected chi connectivity index (χ2v) is 6.12. The lowest BCUT2D eigenvalue weighted by Gasteiger charge is -2.30. The summed E-state index contributed by atoms with van der Waals surface area (Å²) in [4.78, 5) is 25.9. The molecule has 1 heterocycles. The molecular weight excluding hydrogens is 342 g/mol. The first-order chi connectivity index (χ1) is 12.0. The number of benzene rings is 1. The molecule has 1 aromatic rings. The number of carbonyl (C=O) groups is 2. The van der Waals surface area contributed by atoms with Crippen LogP contribution in [-0.4, -0.2) is 36.5 Å². The minimum Gasteiger partial charge on any atom is -0.466 e. The van der Waals surface area contributed by atoms with Crippen LogP contribution in [0.3, 0.4) is 0 Å². The standard InChI is InChI=1S/C18H20ClN3O3/c1-2-25-18(24)13-6-8-22(9-7-13)12-14(11-20)17(23)21-16-5-3-4-15(19)10-16/h3-5,10,12-13H,2,6-9H2,1H3,(H,21,23)/b14-12-. The molecular formula is C18H20ClN3O3. The number of nitrogens with one attached hydrogen (secondary N) is 1. The van der Waals surface area contributed by atoms with E-state index < -0.39 is 5.91 Å². The zero-order valence-electron chi connectivity index (χ0n) is 14.0. The van der Waals surface area contributed by atoms with E-state index in [1.807, 2.05) is 11.0 Å². The van der Waals surface area contributed by atoms with Crippen molar-refractivity contribution >= 4 is 29.2 Å². The molecule has 0 saturated carbocycles. The van der Waals surface area contributed by atoms with Gasteiger partial charge in [-0.15, -0.1) is 0 Å². The maximum atomic E-state index is 12.2. The van der Waals surface area contributed by atoms with Crippen molar-refractivity contribution in [2.45, 2.75) is 19.8 Å². The largest absolute Gasteiger partial charge is 0.466 e. The van der Waals surface area contributed by atoms with E-state index in [-0.39, 0.29) is 17.5 Å². The highest BCUT2D eigenvalue weighted by atomic mass is 35.5. The molecule has 1 aliphatic heterocycles. The predicted molar refractivity (Wildman–Crippen MR) is 94.7 cm³/mol. The van der Waals surface area contributed by atoms with E-state index in [0.29, 0.717) is 43.2 Å². The smallest absolute Gasteiger partial charge is 0.309 e. The molecule has 132 valence electrons. The Bertz CT molecular complexity index is 704. The number of amides is 1. The Labute approximate surface area is 152 Å². The van der Waals surface area contributed by atoms with Gasteiger partial charge < -0.3 is 15.0 Å². The van der Waals surface area contributed by atoms with Crippen LogP contribution in [0.15, 0.2) is 36.0 Å². The molecule has 2 rings (SSSR count). The summed E-state index contributed by atoms with van der Waals surface area (Å²) in [7, 11) is 0. The van der Waals surface area contributed by atoms with Gasteiger partial charge in [-0.25, -0.2) is 0 Å². The van der Waals surface area contributed by atoms with E-state index in [1.165, 1.54) is 0 Å². The quantitative estimate of drug-likeness (QED) is 0.495. The number of carbonyl (C=O) groups excluding carboxylic acids is 2. The van der Waals surface area contributed by atoms with Gasteiger partial charge in [-0.2, -0.15) is 5.26 Å². The molecule has 1 aliphatic rings. The van der Waals surface area contributed by atoms with Crippen LogP contribution in [0, 0.1) is 17.2 Å². The number of piperidine rings is 1. The van der Waals surface area contributed by atoms with Gasteiger partial charge in [0.05, 0.1) is 12.5 Å². The summed E-state index contributed by atoms with van der Waals surface area (Å²) >= 11 is 5.88. The topological polar surface area (TPSA) is 82.4 Å². The fraction of sp³-hybridized carbons (Fsp3) is 0.389. The number of anilines is 1. The molecule has 1 saturated heterocycles. The van der Waals surface area contributed by atoms with Gasteiger partial charge in [0.1, 0.15) is 11.6 Å². The van der Waals surface area contributed by atoms with Gasteiger partial charge in [-0.05, 0) is 38.0 Å². The number of nitriles is 1. The molecule has 0 unspecified atom stereocenters. The molecule has 0 spiro atoms. The van der Waals surface area contributed by atoms with Gasteiger partial charge in [0.2, 0.25) is 0 Å². The van der Waals surface area contributed by atoms with Gasteiger partial charge in [-0.3, -0.25) is 9.59 Å². The number of halogens is 1. The maximum absolute atomic E-state index is 12.2. The third-order valence-corrected chi connectivity index (χ3v) is 4.14. The number of ether oxygens (including phenoxy) is 1. The Morgan fingerprint density at radius 3 is 2.76 bits per heavy atom. The van der Waals surface area contributed by atoms with Crippen molar-refractivity contribution in [2.24, 2.45) is 5.92 Å². The van der Waals surface area contributed by atoms with Crippen LogP contribution < -0.4 is 5.32 Å². The molecule has 6 nitrogen and oxygen atoms in total. The average molecular weight is 362 g/mol. The van der Waals surface area contributed by atoms with Crippen LogP contribution >= 0.6 is 11.6 Å². The number of likely N-dealkylation sites (tertiary alicyclic amines) is 1. The summed E-state index contributed by atoms with van der Waals surface area (Å²) in [5.74, 6) is -0.780. The van der Waals surface area contributed by atoms with Crippen LogP contribution in [0.4, 0.5) is 5.69 Å². The lowest BCUT2D eigenvalue weighted by Crippen LogP contribution is -2.34. The first-order valence-corrected chi connectivity index (χ1v) is 8.50. The second-order valence-electron chi connectivity index (χ2n) is 5.68. The molecule has 0 aliphatic carbocycles. The zero-order valence-corrected chi connectivity index (χ0v) is 14.8. The highest BCUT2D eigenvalue weighted by molar-refractivity contribution is 6.31. The van der Waals surface area contributed by atoms with Crippen molar-refractivity contribution in [2.75, 3.05) is 25.0 Å². The van der Waals surface area contributed by atoms with Gasteiger partial charge >= 0.3 is 5.97 Å². The predicted octanol–water partition coefficient (Wildman–Crippen LogP) is 2.96. The monoisotopic (exact) mass is 361 g/mol. The van der Waals surface area contributed by atoms with Crippen molar-refractivity contribution in [3.05, 3.63) is 41.1 Å². The van der Waals surface area contributed by atoms with E-state index in [2.05, 4.69) is 5.32 Å². The molecule has 1 aromatic carbocycles. The summed E-state index contributed by atoms with van der Waals surface area (Å²) in [5, 5.41) is 12.4. The summed E-state index contributed by atoms with van der Waals surface area (Å²) in [5.41, 5.74) is 0.536. The minimum absolute atomic E-state index is 0.00885. The number of esters is 1. The first kappa shape index (κ1) is 18.8.